The van der Waals surface area contributed by atoms with E-state index in [-0.39, 0.29) is 0 Å². The van der Waals surface area contributed by atoms with Crippen LogP contribution < -0.4 is 11.3 Å². The van der Waals surface area contributed by atoms with Gasteiger partial charge in [0.15, 0.2) is 0 Å². The summed E-state index contributed by atoms with van der Waals surface area (Å²) >= 11 is 0. The van der Waals surface area contributed by atoms with E-state index in [0.717, 1.165) is 32.5 Å². The van der Waals surface area contributed by atoms with E-state index in [1.165, 1.54) is 44.9 Å². The highest BCUT2D eigenvalue weighted by atomic mass is 16.5. The lowest BCUT2D eigenvalue weighted by Gasteiger charge is -2.24. The number of nitrogens with one attached hydrogen (secondary N) is 1. The molecule has 0 bridgehead atoms. The fourth-order valence-corrected chi connectivity index (χ4v) is 3.20. The maximum Gasteiger partial charge on any atom is 0.0576 e. The van der Waals surface area contributed by atoms with E-state index in [2.05, 4.69) is 5.43 Å². The van der Waals surface area contributed by atoms with Crippen LogP contribution in [0.25, 0.3) is 0 Å². The summed E-state index contributed by atoms with van der Waals surface area (Å²) in [6.07, 6.45) is 13.1. The Morgan fingerprint density at radius 1 is 0.947 bits per heavy atom. The van der Waals surface area contributed by atoms with Gasteiger partial charge in [-0.05, 0) is 64.2 Å². The first-order chi connectivity index (χ1) is 9.38. The summed E-state index contributed by atoms with van der Waals surface area (Å²) in [5.74, 6) is 5.66. The monoisotopic (exact) mass is 270 g/mol. The SMILES string of the molecule is NNC(CCCC1CCCO1)CCC1CCCCO1. The predicted molar refractivity (Wildman–Crippen MR) is 76.8 cm³/mol. The zero-order valence-electron chi connectivity index (χ0n) is 12.1. The van der Waals surface area contributed by atoms with Crippen LogP contribution >= 0.6 is 0 Å². The standard InChI is InChI=1S/C15H30N2O2/c16-17-13(5-3-7-14-8-4-12-19-14)9-10-15-6-1-2-11-18-15/h13-15,17H,1-12,16H2. The minimum atomic E-state index is 0.437. The number of hydrogen-bond acceptors (Lipinski definition) is 4. The first-order valence-corrected chi connectivity index (χ1v) is 8.08. The second-order valence-electron chi connectivity index (χ2n) is 6.00. The summed E-state index contributed by atoms with van der Waals surface area (Å²) < 4.78 is 11.4. The highest BCUT2D eigenvalue weighted by molar-refractivity contribution is 4.72. The second-order valence-corrected chi connectivity index (χ2v) is 6.00. The van der Waals surface area contributed by atoms with Crippen molar-refractivity contribution in [3.8, 4) is 0 Å². The molecule has 3 unspecified atom stereocenters. The van der Waals surface area contributed by atoms with Crippen LogP contribution in [0.4, 0.5) is 0 Å². The zero-order valence-corrected chi connectivity index (χ0v) is 12.1. The molecule has 4 heteroatoms. The van der Waals surface area contributed by atoms with Gasteiger partial charge in [0.2, 0.25) is 0 Å². The average molecular weight is 270 g/mol. The average Bonchev–Trinajstić information content (AvgIpc) is 2.97. The van der Waals surface area contributed by atoms with E-state index in [1.54, 1.807) is 0 Å². The van der Waals surface area contributed by atoms with Gasteiger partial charge in [0.25, 0.3) is 0 Å². The number of hydrazine groups is 1. The second kappa shape index (κ2) is 8.90. The molecule has 0 aromatic rings. The summed E-state index contributed by atoms with van der Waals surface area (Å²) in [4.78, 5) is 0. The van der Waals surface area contributed by atoms with Crippen molar-refractivity contribution in [1.82, 2.24) is 5.43 Å². The Hall–Kier alpha value is -0.160. The zero-order chi connectivity index (χ0) is 13.3. The molecular formula is C15H30N2O2. The van der Waals surface area contributed by atoms with Crippen molar-refractivity contribution in [2.45, 2.75) is 82.5 Å². The summed E-state index contributed by atoms with van der Waals surface area (Å²) in [6.45, 7) is 1.91. The van der Waals surface area contributed by atoms with Crippen molar-refractivity contribution in [2.75, 3.05) is 13.2 Å². The number of hydrogen-bond donors (Lipinski definition) is 2. The van der Waals surface area contributed by atoms with Crippen molar-refractivity contribution < 1.29 is 9.47 Å². The van der Waals surface area contributed by atoms with E-state index >= 15 is 0 Å². The van der Waals surface area contributed by atoms with Crippen molar-refractivity contribution in [3.05, 3.63) is 0 Å². The van der Waals surface area contributed by atoms with Crippen molar-refractivity contribution in [3.63, 3.8) is 0 Å². The van der Waals surface area contributed by atoms with Gasteiger partial charge < -0.3 is 9.47 Å². The molecule has 0 spiro atoms. The molecule has 0 aromatic carbocycles. The van der Waals surface area contributed by atoms with Gasteiger partial charge in [-0.25, -0.2) is 0 Å². The Kier molecular flexibility index (Phi) is 7.14. The van der Waals surface area contributed by atoms with Gasteiger partial charge in [0, 0.05) is 19.3 Å². The Bertz CT molecular complexity index is 226. The third kappa shape index (κ3) is 5.78. The molecule has 0 aromatic heterocycles. The molecule has 112 valence electrons. The molecule has 2 heterocycles. The molecule has 3 N–H and O–H groups in total. The lowest BCUT2D eigenvalue weighted by Crippen LogP contribution is -2.36. The third-order valence-electron chi connectivity index (χ3n) is 4.45. The van der Waals surface area contributed by atoms with Gasteiger partial charge in [0.1, 0.15) is 0 Å². The summed E-state index contributed by atoms with van der Waals surface area (Å²) in [5, 5.41) is 0. The maximum absolute atomic E-state index is 5.77. The van der Waals surface area contributed by atoms with Crippen LogP contribution in [0.3, 0.4) is 0 Å². The van der Waals surface area contributed by atoms with E-state index in [0.29, 0.717) is 18.2 Å². The van der Waals surface area contributed by atoms with Crippen LogP contribution in [-0.2, 0) is 9.47 Å². The summed E-state index contributed by atoms with van der Waals surface area (Å²) in [7, 11) is 0. The van der Waals surface area contributed by atoms with Crippen LogP contribution in [-0.4, -0.2) is 31.5 Å². The van der Waals surface area contributed by atoms with Crippen molar-refractivity contribution in [1.29, 1.82) is 0 Å². The molecule has 2 aliphatic rings. The normalized spacial score (nSPS) is 29.5. The van der Waals surface area contributed by atoms with E-state index in [4.69, 9.17) is 15.3 Å². The summed E-state index contributed by atoms with van der Waals surface area (Å²) in [5.41, 5.74) is 2.97. The van der Waals surface area contributed by atoms with Crippen LogP contribution in [0.5, 0.6) is 0 Å². The van der Waals surface area contributed by atoms with Gasteiger partial charge >= 0.3 is 0 Å². The molecular weight excluding hydrogens is 240 g/mol. The molecule has 3 atom stereocenters. The van der Waals surface area contributed by atoms with E-state index in [9.17, 15) is 0 Å². The minimum Gasteiger partial charge on any atom is -0.378 e. The Morgan fingerprint density at radius 2 is 1.68 bits per heavy atom. The topological polar surface area (TPSA) is 56.5 Å². The largest absolute Gasteiger partial charge is 0.378 e. The van der Waals surface area contributed by atoms with Gasteiger partial charge in [-0.1, -0.05) is 0 Å². The van der Waals surface area contributed by atoms with E-state index < -0.39 is 0 Å². The maximum atomic E-state index is 5.77. The summed E-state index contributed by atoms with van der Waals surface area (Å²) in [6, 6.07) is 0.437. The fourth-order valence-electron chi connectivity index (χ4n) is 3.20. The van der Waals surface area contributed by atoms with Crippen LogP contribution in [0.2, 0.25) is 0 Å². The Labute approximate surface area is 117 Å². The molecule has 2 fully saturated rings. The molecule has 2 aliphatic heterocycles. The Morgan fingerprint density at radius 3 is 2.32 bits per heavy atom. The predicted octanol–water partition coefficient (Wildman–Crippen LogP) is 2.52. The minimum absolute atomic E-state index is 0.437. The highest BCUT2D eigenvalue weighted by Gasteiger charge is 2.18. The molecule has 0 saturated carbocycles. The van der Waals surface area contributed by atoms with Gasteiger partial charge in [-0.3, -0.25) is 11.3 Å². The van der Waals surface area contributed by atoms with Crippen LogP contribution in [0, 0.1) is 0 Å². The molecule has 19 heavy (non-hydrogen) atoms. The molecule has 4 nitrogen and oxygen atoms in total. The van der Waals surface area contributed by atoms with Crippen LogP contribution in [0.15, 0.2) is 0 Å². The molecule has 0 aliphatic carbocycles. The lowest BCUT2D eigenvalue weighted by atomic mass is 9.98. The quantitative estimate of drug-likeness (QED) is 0.525. The van der Waals surface area contributed by atoms with Crippen molar-refractivity contribution >= 4 is 0 Å². The lowest BCUT2D eigenvalue weighted by molar-refractivity contribution is 0.00832. The van der Waals surface area contributed by atoms with E-state index in [1.807, 2.05) is 0 Å². The van der Waals surface area contributed by atoms with Gasteiger partial charge in [-0.2, -0.15) is 0 Å². The first-order valence-electron chi connectivity index (χ1n) is 8.08. The molecule has 0 radical (unpaired) electrons. The number of nitrogens with two attached hydrogens (primary N) is 1. The fraction of sp³-hybridized carbons (Fsp3) is 1.00. The Balaban J connectivity index is 1.54. The number of rotatable bonds is 8. The highest BCUT2D eigenvalue weighted by Crippen LogP contribution is 2.21. The third-order valence-corrected chi connectivity index (χ3v) is 4.45. The smallest absolute Gasteiger partial charge is 0.0576 e. The molecule has 2 saturated heterocycles. The number of ether oxygens (including phenoxy) is 2. The van der Waals surface area contributed by atoms with Crippen molar-refractivity contribution in [2.24, 2.45) is 5.84 Å². The first kappa shape index (κ1) is 15.2. The molecule has 0 amide bonds. The van der Waals surface area contributed by atoms with Gasteiger partial charge in [0.05, 0.1) is 12.2 Å². The van der Waals surface area contributed by atoms with Gasteiger partial charge in [-0.15, -0.1) is 0 Å². The van der Waals surface area contributed by atoms with Crippen LogP contribution in [0.1, 0.15) is 64.2 Å². The molecule has 2 rings (SSSR count).